The minimum absolute atomic E-state index is 0.280. The van der Waals surface area contributed by atoms with Crippen molar-refractivity contribution in [1.82, 2.24) is 0 Å². The zero-order valence-corrected chi connectivity index (χ0v) is 15.8. The van der Waals surface area contributed by atoms with Crippen molar-refractivity contribution in [2.75, 3.05) is 16.0 Å². The molecule has 0 atom stereocenters. The molecule has 1 aliphatic rings. The maximum absolute atomic E-state index is 12.6. The molecule has 8 heteroatoms. The van der Waals surface area contributed by atoms with Crippen LogP contribution < -0.4 is 20.7 Å². The summed E-state index contributed by atoms with van der Waals surface area (Å²) in [4.78, 5) is 24.8. The van der Waals surface area contributed by atoms with Crippen LogP contribution in [0.1, 0.15) is 10.4 Å². The number of para-hydroxylation sites is 1. The maximum Gasteiger partial charge on any atom is 0.323 e. The van der Waals surface area contributed by atoms with Crippen molar-refractivity contribution in [3.05, 3.63) is 76.3 Å². The molecular weight excluding hydrogens is 401 g/mol. The minimum atomic E-state index is -0.488. The van der Waals surface area contributed by atoms with E-state index in [1.54, 1.807) is 54.6 Å². The number of hydrogen-bond acceptors (Lipinski definition) is 3. The number of anilines is 3. The van der Waals surface area contributed by atoms with Crippen molar-refractivity contribution in [2.45, 2.75) is 0 Å². The molecule has 0 saturated carbocycles. The lowest BCUT2D eigenvalue weighted by Gasteiger charge is -2.11. The summed E-state index contributed by atoms with van der Waals surface area (Å²) in [5, 5.41) is 8.98. The lowest BCUT2D eigenvalue weighted by atomic mass is 10.1. The first kappa shape index (κ1) is 18.2. The number of benzene rings is 3. The van der Waals surface area contributed by atoms with Gasteiger partial charge in [0.2, 0.25) is 0 Å². The number of hydrogen-bond donors (Lipinski definition) is 3. The molecule has 3 amide bonds. The van der Waals surface area contributed by atoms with E-state index in [4.69, 9.17) is 27.9 Å². The monoisotopic (exact) mass is 413 g/mol. The highest BCUT2D eigenvalue weighted by molar-refractivity contribution is 6.33. The number of ether oxygens (including phenoxy) is 1. The Morgan fingerprint density at radius 1 is 0.929 bits per heavy atom. The average Bonchev–Trinajstić information content (AvgIpc) is 2.79. The molecule has 0 aliphatic carbocycles. The van der Waals surface area contributed by atoms with E-state index in [0.29, 0.717) is 38.6 Å². The fourth-order valence-electron chi connectivity index (χ4n) is 2.72. The van der Waals surface area contributed by atoms with E-state index in [1.807, 2.05) is 0 Å². The van der Waals surface area contributed by atoms with Crippen LogP contribution in [0.2, 0.25) is 10.0 Å². The second-order valence-corrected chi connectivity index (χ2v) is 6.81. The number of amides is 3. The lowest BCUT2D eigenvalue weighted by Crippen LogP contribution is -2.20. The number of urea groups is 1. The summed E-state index contributed by atoms with van der Waals surface area (Å²) in [6, 6.07) is 16.1. The molecule has 0 fully saturated rings. The fourth-order valence-corrected chi connectivity index (χ4v) is 3.07. The molecule has 1 aliphatic heterocycles. The van der Waals surface area contributed by atoms with Crippen LogP contribution >= 0.6 is 23.2 Å². The number of nitrogens with one attached hydrogen (secondary N) is 3. The highest BCUT2D eigenvalue weighted by Crippen LogP contribution is 2.38. The summed E-state index contributed by atoms with van der Waals surface area (Å²) in [5.74, 6) is 0.482. The van der Waals surface area contributed by atoms with Gasteiger partial charge in [0, 0.05) is 10.7 Å². The van der Waals surface area contributed by atoms with Gasteiger partial charge in [-0.1, -0.05) is 35.3 Å². The smallest absolute Gasteiger partial charge is 0.323 e. The molecule has 0 unspecified atom stereocenters. The van der Waals surface area contributed by atoms with Crippen molar-refractivity contribution in [2.24, 2.45) is 0 Å². The summed E-state index contributed by atoms with van der Waals surface area (Å²) in [6.07, 6.45) is 0. The van der Waals surface area contributed by atoms with Crippen LogP contribution in [0.3, 0.4) is 0 Å². The molecule has 0 radical (unpaired) electrons. The Morgan fingerprint density at radius 2 is 1.71 bits per heavy atom. The van der Waals surface area contributed by atoms with Gasteiger partial charge < -0.3 is 20.7 Å². The van der Waals surface area contributed by atoms with Gasteiger partial charge in [0.1, 0.15) is 5.75 Å². The molecule has 0 bridgehead atoms. The maximum atomic E-state index is 12.6. The number of halogens is 2. The van der Waals surface area contributed by atoms with Gasteiger partial charge in [-0.2, -0.15) is 0 Å². The predicted molar refractivity (Wildman–Crippen MR) is 110 cm³/mol. The van der Waals surface area contributed by atoms with Crippen LogP contribution in [-0.2, 0) is 0 Å². The van der Waals surface area contributed by atoms with Crippen LogP contribution in [0, 0.1) is 0 Å². The molecule has 6 nitrogen and oxygen atoms in total. The van der Waals surface area contributed by atoms with Gasteiger partial charge in [-0.05, 0) is 48.5 Å². The summed E-state index contributed by atoms with van der Waals surface area (Å²) >= 11 is 12.0. The Kier molecular flexibility index (Phi) is 4.81. The van der Waals surface area contributed by atoms with E-state index in [2.05, 4.69) is 16.0 Å². The molecule has 4 rings (SSSR count). The minimum Gasteiger partial charge on any atom is -0.454 e. The number of rotatable bonds is 2. The van der Waals surface area contributed by atoms with Crippen LogP contribution in [0.15, 0.2) is 60.7 Å². The molecule has 0 aromatic heterocycles. The standard InChI is InChI=1S/C20H13Cl2N3O3/c21-11-5-7-18-16(9-11)24-19(26)13-10-12(6-8-17(13)28-18)23-20(27)25-15-4-2-1-3-14(15)22/h1-10H,(H,24,26)(H2,23,25,27). The quantitative estimate of drug-likeness (QED) is 0.482. The number of carbonyl (C=O) groups is 2. The van der Waals surface area contributed by atoms with Crippen molar-refractivity contribution in [3.8, 4) is 11.5 Å². The third-order valence-corrected chi connectivity index (χ3v) is 4.58. The highest BCUT2D eigenvalue weighted by atomic mass is 35.5. The summed E-state index contributed by atoms with van der Waals surface area (Å²) in [7, 11) is 0. The van der Waals surface area contributed by atoms with Gasteiger partial charge >= 0.3 is 6.03 Å². The Bertz CT molecular complexity index is 1100. The van der Waals surface area contributed by atoms with Crippen molar-refractivity contribution in [1.29, 1.82) is 0 Å². The second-order valence-electron chi connectivity index (χ2n) is 5.97. The Morgan fingerprint density at radius 3 is 2.54 bits per heavy atom. The summed E-state index contributed by atoms with van der Waals surface area (Å²) < 4.78 is 5.81. The molecular formula is C20H13Cl2N3O3. The average molecular weight is 414 g/mol. The van der Waals surface area contributed by atoms with Crippen LogP contribution in [0.25, 0.3) is 0 Å². The molecule has 3 aromatic rings. The van der Waals surface area contributed by atoms with Gasteiger partial charge in [0.05, 0.1) is 22.0 Å². The van der Waals surface area contributed by atoms with E-state index in [0.717, 1.165) is 0 Å². The number of fused-ring (bicyclic) bond motifs is 2. The first-order valence-corrected chi connectivity index (χ1v) is 9.00. The molecule has 3 aromatic carbocycles. The van der Waals surface area contributed by atoms with Gasteiger partial charge in [0.15, 0.2) is 5.75 Å². The molecule has 3 N–H and O–H groups in total. The summed E-state index contributed by atoms with van der Waals surface area (Å²) in [5.41, 5.74) is 1.65. The van der Waals surface area contributed by atoms with Crippen LogP contribution in [0.4, 0.5) is 21.9 Å². The molecule has 140 valence electrons. The van der Waals surface area contributed by atoms with Gasteiger partial charge in [0.25, 0.3) is 5.91 Å². The molecule has 1 heterocycles. The topological polar surface area (TPSA) is 79.5 Å². The van der Waals surface area contributed by atoms with Crippen LogP contribution in [0.5, 0.6) is 11.5 Å². The van der Waals surface area contributed by atoms with Gasteiger partial charge in [-0.15, -0.1) is 0 Å². The van der Waals surface area contributed by atoms with E-state index in [1.165, 1.54) is 6.07 Å². The first-order chi connectivity index (χ1) is 13.5. The lowest BCUT2D eigenvalue weighted by molar-refractivity contribution is 0.102. The van der Waals surface area contributed by atoms with E-state index < -0.39 is 6.03 Å². The third-order valence-electron chi connectivity index (χ3n) is 4.01. The molecule has 0 spiro atoms. The first-order valence-electron chi connectivity index (χ1n) is 8.25. The molecule has 28 heavy (non-hydrogen) atoms. The Labute approximate surface area is 170 Å². The van der Waals surface area contributed by atoms with Crippen LogP contribution in [-0.4, -0.2) is 11.9 Å². The summed E-state index contributed by atoms with van der Waals surface area (Å²) in [6.45, 7) is 0. The van der Waals surface area contributed by atoms with Gasteiger partial charge in [-0.3, -0.25) is 4.79 Å². The predicted octanol–water partition coefficient (Wildman–Crippen LogP) is 6.00. The third kappa shape index (κ3) is 3.74. The largest absolute Gasteiger partial charge is 0.454 e. The SMILES string of the molecule is O=C(Nc1ccc2c(c1)C(=O)Nc1cc(Cl)ccc1O2)Nc1ccccc1Cl. The number of carbonyl (C=O) groups excluding carboxylic acids is 2. The Balaban J connectivity index is 1.55. The van der Waals surface area contributed by atoms with E-state index in [-0.39, 0.29) is 11.5 Å². The zero-order chi connectivity index (χ0) is 19.7. The normalized spacial score (nSPS) is 12.0. The zero-order valence-electron chi connectivity index (χ0n) is 14.3. The Hall–Kier alpha value is -3.22. The van der Waals surface area contributed by atoms with Gasteiger partial charge in [-0.25, -0.2) is 4.79 Å². The molecule has 0 saturated heterocycles. The van der Waals surface area contributed by atoms with Crippen molar-refractivity contribution < 1.29 is 14.3 Å². The van der Waals surface area contributed by atoms with E-state index >= 15 is 0 Å². The van der Waals surface area contributed by atoms with Crippen molar-refractivity contribution in [3.63, 3.8) is 0 Å². The fraction of sp³-hybridized carbons (Fsp3) is 0. The van der Waals surface area contributed by atoms with Crippen molar-refractivity contribution >= 4 is 52.2 Å². The second kappa shape index (κ2) is 7.42. The highest BCUT2D eigenvalue weighted by Gasteiger charge is 2.22. The van der Waals surface area contributed by atoms with E-state index in [9.17, 15) is 9.59 Å².